The molecule has 48 heteroatoms. The van der Waals surface area contributed by atoms with Crippen molar-refractivity contribution in [2.24, 2.45) is 7.05 Å². The van der Waals surface area contributed by atoms with Crippen LogP contribution in [0, 0.1) is 11.8 Å². The molecular formula is C89H105ClF6N28O13. The number of H-pyrrole nitrogens is 2. The fourth-order valence-electron chi connectivity index (χ4n) is 14.8. The van der Waals surface area contributed by atoms with E-state index in [1.165, 1.54) is 35.2 Å². The van der Waals surface area contributed by atoms with Crippen LogP contribution in [0.25, 0.3) is 55.8 Å². The predicted octanol–water partition coefficient (Wildman–Crippen LogP) is 6.42. The lowest BCUT2D eigenvalue weighted by atomic mass is 10.2. The number of hydrogen-bond acceptors (Lipinski definition) is 28. The highest BCUT2D eigenvalue weighted by molar-refractivity contribution is 5.85. The summed E-state index contributed by atoms with van der Waals surface area (Å²) in [7, 11) is 4.81. The SMILES string of the molecule is CC#CCn1c(N2CCNCC2)nc2nc(OC)n(CCOC)c(=O)c21.CC(C)(C)OC(=O)N1CCN(c2nc3nc[nH]c(=O)c3n2Cc2ccccc2)CC1.CCn1cnc2nc(N3CCNCC3)n(Cc3ccccc3)c2c1=O.Cl.Cn1cnc2nc(N3CCNCC3)n(Cc3ccccc3)c2c1=O.O=C(O)C(F)(F)F.O=C(O)C(F)(F)F.O=c1[nH]cnc2ncn(Cc3ccccc3)c12. The van der Waals surface area contributed by atoms with Crippen molar-refractivity contribution in [3.05, 3.63) is 227 Å². The number of carbonyl (C=O) groups is 3. The molecule has 10 aromatic heterocycles. The number of rotatable bonds is 18. The number of hydrogen-bond donors (Lipinski definition) is 7. The number of carboxylic acid groups (broad SMARTS) is 2. The average Bonchev–Trinajstić information content (AvgIpc) is 1.63. The second kappa shape index (κ2) is 47.3. The van der Waals surface area contributed by atoms with Gasteiger partial charge in [0.25, 0.3) is 27.8 Å². The van der Waals surface area contributed by atoms with Crippen LogP contribution in [-0.2, 0) is 71.9 Å². The Kier molecular flexibility index (Phi) is 35.5. The van der Waals surface area contributed by atoms with Crippen molar-refractivity contribution in [2.75, 3.05) is 145 Å². The van der Waals surface area contributed by atoms with Crippen LogP contribution in [0.5, 0.6) is 6.01 Å². The van der Waals surface area contributed by atoms with Gasteiger partial charge >= 0.3 is 36.4 Å². The lowest BCUT2D eigenvalue weighted by Crippen LogP contribution is -2.50. The number of amides is 1. The first-order valence-corrected chi connectivity index (χ1v) is 43.3. The van der Waals surface area contributed by atoms with Gasteiger partial charge in [-0.3, -0.25) is 51.4 Å². The molecule has 728 valence electrons. The van der Waals surface area contributed by atoms with Crippen LogP contribution in [0.4, 0.5) is 54.9 Å². The molecule has 4 saturated heterocycles. The van der Waals surface area contributed by atoms with Crippen molar-refractivity contribution in [3.8, 4) is 17.9 Å². The van der Waals surface area contributed by atoms with E-state index in [0.717, 1.165) is 119 Å². The van der Waals surface area contributed by atoms with E-state index in [-0.39, 0.29) is 52.3 Å². The Labute approximate surface area is 784 Å². The minimum absolute atomic E-state index is 0. The molecule has 1 amide bonds. The number of nitrogens with zero attached hydrogens (tertiary/aromatic N) is 23. The van der Waals surface area contributed by atoms with Crippen molar-refractivity contribution in [1.29, 1.82) is 0 Å². The molecule has 0 unspecified atom stereocenters. The first-order chi connectivity index (χ1) is 65.3. The first kappa shape index (κ1) is 103. The molecule has 41 nitrogen and oxygen atoms in total. The molecule has 4 aliphatic rings. The summed E-state index contributed by atoms with van der Waals surface area (Å²) >= 11 is 0. The van der Waals surface area contributed by atoms with Gasteiger partial charge < -0.3 is 84.0 Å². The lowest BCUT2D eigenvalue weighted by molar-refractivity contribution is -0.193. The van der Waals surface area contributed by atoms with Gasteiger partial charge in [-0.2, -0.15) is 51.3 Å². The number of anilines is 4. The third kappa shape index (κ3) is 26.4. The Morgan fingerprint density at radius 1 is 0.445 bits per heavy atom. The predicted molar refractivity (Wildman–Crippen MR) is 502 cm³/mol. The maximum absolute atomic E-state index is 13.1. The molecule has 0 radical (unpaired) electrons. The molecule has 14 aromatic rings. The van der Waals surface area contributed by atoms with E-state index in [0.29, 0.717) is 140 Å². The summed E-state index contributed by atoms with van der Waals surface area (Å²) in [6.07, 6.45) is -2.98. The number of alkyl halides is 6. The summed E-state index contributed by atoms with van der Waals surface area (Å²) in [5.74, 6) is 3.48. The van der Waals surface area contributed by atoms with Gasteiger partial charge in [-0.25, -0.2) is 39.3 Å². The number of benzene rings is 4. The van der Waals surface area contributed by atoms with E-state index in [4.69, 9.17) is 39.0 Å². The monoisotopic (exact) mass is 1920 g/mol. The highest BCUT2D eigenvalue weighted by Crippen LogP contribution is 2.28. The first-order valence-electron chi connectivity index (χ1n) is 43.3. The van der Waals surface area contributed by atoms with E-state index in [2.05, 4.69) is 126 Å². The van der Waals surface area contributed by atoms with Crippen LogP contribution in [-0.4, -0.2) is 273 Å². The summed E-state index contributed by atoms with van der Waals surface area (Å²) in [5, 5.41) is 24.3. The van der Waals surface area contributed by atoms with Crippen molar-refractivity contribution in [1.82, 2.24) is 117 Å². The zero-order valence-electron chi connectivity index (χ0n) is 76.3. The van der Waals surface area contributed by atoms with Crippen molar-refractivity contribution in [2.45, 2.75) is 98.4 Å². The van der Waals surface area contributed by atoms with E-state index in [1.54, 1.807) is 47.8 Å². The molecule has 18 rings (SSSR count). The van der Waals surface area contributed by atoms with Gasteiger partial charge in [0.05, 0.1) is 71.7 Å². The minimum atomic E-state index is -5.08. The number of aliphatic carboxylic acids is 2. The fourth-order valence-corrected chi connectivity index (χ4v) is 14.8. The number of aromatic amines is 2. The number of aryl methyl sites for hydroxylation is 2. The summed E-state index contributed by atoms with van der Waals surface area (Å²) in [5.41, 5.74) is 8.14. The number of methoxy groups -OCH3 is 2. The summed E-state index contributed by atoms with van der Waals surface area (Å²) in [6, 6.07) is 40.4. The van der Waals surface area contributed by atoms with Gasteiger partial charge in [-0.05, 0) is 56.9 Å². The molecule has 0 bridgehead atoms. The largest absolute Gasteiger partial charge is 0.490 e. The van der Waals surface area contributed by atoms with E-state index in [9.17, 15) is 55.1 Å². The van der Waals surface area contributed by atoms with Gasteiger partial charge in [0, 0.05) is 132 Å². The highest BCUT2D eigenvalue weighted by atomic mass is 35.5. The number of aromatic nitrogens is 20. The molecule has 4 aliphatic heterocycles. The van der Waals surface area contributed by atoms with Gasteiger partial charge in [0.1, 0.15) is 11.9 Å². The summed E-state index contributed by atoms with van der Waals surface area (Å²) in [6.45, 7) is 26.2. The standard InChI is InChI=1S/C21H26N6O3.C18H22N6O.C17H24N6O3.C17H20N6O.C12H10N4O.2C2HF3O2.ClH/c1-21(2,3)30-20(29)26-11-9-25(10-12-26)19-24-17-16(18(28)23-14-22-17)27(19)13-15-7-5-4-6-8-15;1-2-22-13-20-16-15(17(22)25)24(12-14-6-4-3-5-7-14)18(21-16)23-10-8-19-9-11-23;1-4-5-8-22-13-14(19-16(22)21-9-6-18-7-10-21)20-17(26-3)23(15(13)24)11-12-25-2;1-21-12-19-15-14(16(21)24)23(11-13-5-3-2-4-6-13)17(20-15)22-9-7-18-8-10-22;17-12-10-11(13-7-14-12)15-8-16(10)6-9-4-2-1-3-5-9;2*3-2(4,5)1(6)7;/h4-8,14H,9-13H2,1-3H3,(H,22,23,28);3-7,13,19H,2,8-12H2,1H3;18H,6-12H2,1-3H3;2-6,12,18H,7-11H2,1H3;1-5,7-8H,6H2,(H,13,14,17);2*(H,6,7);1H. The Bertz CT molecular complexity index is 6760. The molecule has 7 N–H and O–H groups in total. The molecule has 0 aliphatic carbocycles. The number of carboxylic acids is 2. The van der Waals surface area contributed by atoms with Crippen LogP contribution in [0.1, 0.15) is 56.9 Å². The second-order valence-corrected chi connectivity index (χ2v) is 31.9. The fraction of sp³-hybridized carbons (Fsp3) is 0.393. The smallest absolute Gasteiger partial charge is 0.475 e. The number of imidazole rings is 5. The minimum Gasteiger partial charge on any atom is -0.475 e. The normalized spacial score (nSPS) is 13.9. The van der Waals surface area contributed by atoms with Gasteiger partial charge in [0.2, 0.25) is 23.8 Å². The molecule has 4 fully saturated rings. The van der Waals surface area contributed by atoms with E-state index >= 15 is 0 Å². The van der Waals surface area contributed by atoms with Crippen LogP contribution >= 0.6 is 12.4 Å². The summed E-state index contributed by atoms with van der Waals surface area (Å²) < 4.78 is 93.6. The average molecular weight is 1920 g/mol. The number of fused-ring (bicyclic) bond motifs is 5. The molecule has 0 saturated carbocycles. The van der Waals surface area contributed by atoms with E-state index < -0.39 is 29.9 Å². The summed E-state index contributed by atoms with van der Waals surface area (Å²) in [4.78, 5) is 153. The van der Waals surface area contributed by atoms with Gasteiger partial charge in [0.15, 0.2) is 55.8 Å². The Balaban J connectivity index is 0.000000159. The number of carbonyl (C=O) groups excluding carboxylic acids is 1. The lowest BCUT2D eigenvalue weighted by Gasteiger charge is -2.36. The molecule has 137 heavy (non-hydrogen) atoms. The number of halogens is 7. The van der Waals surface area contributed by atoms with E-state index in [1.807, 2.05) is 143 Å². The van der Waals surface area contributed by atoms with Crippen LogP contribution in [0.15, 0.2) is 177 Å². The molecule has 14 heterocycles. The van der Waals surface area contributed by atoms with Crippen LogP contribution < -0.4 is 68.1 Å². The maximum Gasteiger partial charge on any atom is 0.490 e. The maximum atomic E-state index is 13.1. The Morgan fingerprint density at radius 3 is 1.24 bits per heavy atom. The molecule has 0 atom stereocenters. The van der Waals surface area contributed by atoms with Crippen LogP contribution in [0.2, 0.25) is 0 Å². The zero-order chi connectivity index (χ0) is 97.4. The number of ether oxygens (including phenoxy) is 3. The van der Waals surface area contributed by atoms with Crippen molar-refractivity contribution >= 4 is 110 Å². The van der Waals surface area contributed by atoms with Crippen molar-refractivity contribution in [3.63, 3.8) is 0 Å². The quantitative estimate of drug-likeness (QED) is 0.0360. The molecule has 4 aromatic carbocycles. The Morgan fingerprint density at radius 2 is 0.818 bits per heavy atom. The molecular weight excluding hydrogens is 1820 g/mol. The number of piperazine rings is 4. The van der Waals surface area contributed by atoms with Gasteiger partial charge in [-0.1, -0.05) is 127 Å². The Hall–Kier alpha value is -14.9. The second-order valence-electron chi connectivity index (χ2n) is 31.9. The third-order valence-electron chi connectivity index (χ3n) is 21.4. The number of nitrogens with one attached hydrogen (secondary N) is 5. The highest BCUT2D eigenvalue weighted by Gasteiger charge is 2.39. The van der Waals surface area contributed by atoms with Crippen molar-refractivity contribution < 1.29 is 65.1 Å². The zero-order valence-corrected chi connectivity index (χ0v) is 77.1. The van der Waals surface area contributed by atoms with Crippen LogP contribution in [0.3, 0.4) is 0 Å². The molecule has 0 spiro atoms. The topological polar surface area (TPSA) is 457 Å². The van der Waals surface area contributed by atoms with Gasteiger partial charge in [-0.15, -0.1) is 18.3 Å². The third-order valence-corrected chi connectivity index (χ3v) is 21.4.